The summed E-state index contributed by atoms with van der Waals surface area (Å²) in [7, 11) is 0. The first-order chi connectivity index (χ1) is 10.1. The molecule has 0 aliphatic carbocycles. The van der Waals surface area contributed by atoms with Gasteiger partial charge >= 0.3 is 0 Å². The molecule has 0 saturated carbocycles. The highest BCUT2D eigenvalue weighted by molar-refractivity contribution is 7.80. The molecule has 1 aliphatic heterocycles. The van der Waals surface area contributed by atoms with E-state index in [2.05, 4.69) is 60.6 Å². The SMILES string of the molecule is CC(NC(=S)NC1CCN(C(C)C)CC1)c1ccccc1. The Morgan fingerprint density at radius 1 is 1.14 bits per heavy atom. The van der Waals surface area contributed by atoms with Crippen LogP contribution in [0.5, 0.6) is 0 Å². The lowest BCUT2D eigenvalue weighted by Gasteiger charge is -2.35. The molecule has 2 N–H and O–H groups in total. The van der Waals surface area contributed by atoms with E-state index in [1.54, 1.807) is 0 Å². The van der Waals surface area contributed by atoms with Crippen LogP contribution < -0.4 is 10.6 Å². The van der Waals surface area contributed by atoms with Crippen molar-refractivity contribution >= 4 is 17.3 Å². The number of piperidine rings is 1. The van der Waals surface area contributed by atoms with E-state index < -0.39 is 0 Å². The molecule has 2 rings (SSSR count). The Morgan fingerprint density at radius 2 is 1.76 bits per heavy atom. The van der Waals surface area contributed by atoms with Crippen LogP contribution in [0.4, 0.5) is 0 Å². The first kappa shape index (κ1) is 16.2. The molecule has 1 aromatic carbocycles. The van der Waals surface area contributed by atoms with Gasteiger partial charge in [-0.2, -0.15) is 0 Å². The predicted octanol–water partition coefficient (Wildman–Crippen LogP) is 3.08. The molecular weight excluding hydrogens is 278 g/mol. The summed E-state index contributed by atoms with van der Waals surface area (Å²) >= 11 is 5.46. The summed E-state index contributed by atoms with van der Waals surface area (Å²) in [5, 5.41) is 7.63. The maximum Gasteiger partial charge on any atom is 0.166 e. The number of hydrogen-bond donors (Lipinski definition) is 2. The van der Waals surface area contributed by atoms with Gasteiger partial charge in [-0.15, -0.1) is 0 Å². The van der Waals surface area contributed by atoms with E-state index in [9.17, 15) is 0 Å². The van der Waals surface area contributed by atoms with Crippen molar-refractivity contribution < 1.29 is 0 Å². The maximum absolute atomic E-state index is 5.46. The number of nitrogens with zero attached hydrogens (tertiary/aromatic N) is 1. The van der Waals surface area contributed by atoms with Gasteiger partial charge in [0.1, 0.15) is 0 Å². The van der Waals surface area contributed by atoms with Crippen LogP contribution in [-0.4, -0.2) is 35.2 Å². The molecule has 0 aromatic heterocycles. The number of nitrogens with one attached hydrogen (secondary N) is 2. The molecule has 1 aliphatic rings. The number of rotatable bonds is 4. The number of benzene rings is 1. The quantitative estimate of drug-likeness (QED) is 0.836. The number of likely N-dealkylation sites (tertiary alicyclic amines) is 1. The Labute approximate surface area is 134 Å². The van der Waals surface area contributed by atoms with Gasteiger partial charge in [-0.05, 0) is 51.4 Å². The Hall–Kier alpha value is -1.13. The molecule has 1 unspecified atom stereocenters. The molecule has 0 spiro atoms. The fraction of sp³-hybridized carbons (Fsp3) is 0.588. The minimum absolute atomic E-state index is 0.238. The molecule has 0 bridgehead atoms. The van der Waals surface area contributed by atoms with Crippen molar-refractivity contribution in [1.29, 1.82) is 0 Å². The van der Waals surface area contributed by atoms with Crippen molar-refractivity contribution in [2.24, 2.45) is 0 Å². The highest BCUT2D eigenvalue weighted by atomic mass is 32.1. The standard InChI is InChI=1S/C17H27N3S/c1-13(2)20-11-9-16(10-12-20)19-17(21)18-14(3)15-7-5-4-6-8-15/h4-8,13-14,16H,9-12H2,1-3H3,(H2,18,19,21). The third-order valence-corrected chi connectivity index (χ3v) is 4.48. The van der Waals surface area contributed by atoms with Gasteiger partial charge in [0.05, 0.1) is 6.04 Å². The van der Waals surface area contributed by atoms with Crippen molar-refractivity contribution in [3.05, 3.63) is 35.9 Å². The zero-order chi connectivity index (χ0) is 15.2. The zero-order valence-electron chi connectivity index (χ0n) is 13.3. The summed E-state index contributed by atoms with van der Waals surface area (Å²) < 4.78 is 0. The fourth-order valence-electron chi connectivity index (χ4n) is 2.81. The Bertz CT molecular complexity index is 439. The molecule has 0 radical (unpaired) electrons. The van der Waals surface area contributed by atoms with Gasteiger partial charge in [-0.25, -0.2) is 0 Å². The molecular formula is C17H27N3S. The van der Waals surface area contributed by atoms with E-state index in [1.807, 2.05) is 6.07 Å². The summed E-state index contributed by atoms with van der Waals surface area (Å²) in [5.74, 6) is 0. The van der Waals surface area contributed by atoms with Crippen LogP contribution in [-0.2, 0) is 0 Å². The lowest BCUT2D eigenvalue weighted by atomic mass is 10.0. The monoisotopic (exact) mass is 305 g/mol. The second kappa shape index (κ2) is 7.76. The second-order valence-electron chi connectivity index (χ2n) is 6.15. The summed E-state index contributed by atoms with van der Waals surface area (Å²) in [4.78, 5) is 2.53. The van der Waals surface area contributed by atoms with E-state index in [0.29, 0.717) is 12.1 Å². The Kier molecular flexibility index (Phi) is 6.00. The molecule has 1 saturated heterocycles. The molecule has 1 aromatic rings. The van der Waals surface area contributed by atoms with Gasteiger partial charge in [0, 0.05) is 25.2 Å². The minimum atomic E-state index is 0.238. The molecule has 21 heavy (non-hydrogen) atoms. The maximum atomic E-state index is 5.46. The number of hydrogen-bond acceptors (Lipinski definition) is 2. The number of thiocarbonyl (C=S) groups is 1. The summed E-state index contributed by atoms with van der Waals surface area (Å²) in [6, 6.07) is 11.8. The molecule has 1 fully saturated rings. The summed E-state index contributed by atoms with van der Waals surface area (Å²) in [6.07, 6.45) is 2.33. The third kappa shape index (κ3) is 4.97. The van der Waals surface area contributed by atoms with Crippen LogP contribution in [0.1, 0.15) is 45.2 Å². The lowest BCUT2D eigenvalue weighted by Crippen LogP contribution is -2.49. The average molecular weight is 305 g/mol. The van der Waals surface area contributed by atoms with Crippen LogP contribution in [0.25, 0.3) is 0 Å². The summed E-state index contributed by atoms with van der Waals surface area (Å²) in [6.45, 7) is 8.99. The van der Waals surface area contributed by atoms with Gasteiger partial charge in [0.25, 0.3) is 0 Å². The third-order valence-electron chi connectivity index (χ3n) is 4.24. The van der Waals surface area contributed by atoms with E-state index in [0.717, 1.165) is 18.2 Å². The Balaban J connectivity index is 1.75. The van der Waals surface area contributed by atoms with Gasteiger partial charge < -0.3 is 15.5 Å². The largest absolute Gasteiger partial charge is 0.360 e. The van der Waals surface area contributed by atoms with Crippen molar-refractivity contribution in [2.45, 2.75) is 51.7 Å². The fourth-order valence-corrected chi connectivity index (χ4v) is 3.15. The Morgan fingerprint density at radius 3 is 2.33 bits per heavy atom. The molecule has 3 nitrogen and oxygen atoms in total. The van der Waals surface area contributed by atoms with Crippen LogP contribution in [0.15, 0.2) is 30.3 Å². The normalized spacial score (nSPS) is 18.5. The van der Waals surface area contributed by atoms with Crippen LogP contribution in [0, 0.1) is 0 Å². The van der Waals surface area contributed by atoms with E-state index in [4.69, 9.17) is 12.2 Å². The van der Waals surface area contributed by atoms with Crippen molar-refractivity contribution in [3.8, 4) is 0 Å². The molecule has 0 amide bonds. The highest BCUT2D eigenvalue weighted by Gasteiger charge is 2.21. The van der Waals surface area contributed by atoms with Crippen molar-refractivity contribution in [3.63, 3.8) is 0 Å². The van der Waals surface area contributed by atoms with Gasteiger partial charge in [0.2, 0.25) is 0 Å². The van der Waals surface area contributed by atoms with Crippen LogP contribution >= 0.6 is 12.2 Å². The lowest BCUT2D eigenvalue weighted by molar-refractivity contribution is 0.167. The first-order valence-corrected chi connectivity index (χ1v) is 8.33. The first-order valence-electron chi connectivity index (χ1n) is 7.92. The van der Waals surface area contributed by atoms with E-state index >= 15 is 0 Å². The average Bonchev–Trinajstić information content (AvgIpc) is 2.48. The summed E-state index contributed by atoms with van der Waals surface area (Å²) in [5.41, 5.74) is 1.26. The molecule has 1 atom stereocenters. The predicted molar refractivity (Wildman–Crippen MR) is 93.5 cm³/mol. The second-order valence-corrected chi connectivity index (χ2v) is 6.56. The topological polar surface area (TPSA) is 27.3 Å². The van der Waals surface area contributed by atoms with E-state index in [1.165, 1.54) is 18.4 Å². The smallest absolute Gasteiger partial charge is 0.166 e. The molecule has 116 valence electrons. The van der Waals surface area contributed by atoms with Gasteiger partial charge in [-0.3, -0.25) is 0 Å². The minimum Gasteiger partial charge on any atom is -0.360 e. The van der Waals surface area contributed by atoms with Gasteiger partial charge in [0.15, 0.2) is 5.11 Å². The van der Waals surface area contributed by atoms with Crippen molar-refractivity contribution in [1.82, 2.24) is 15.5 Å². The zero-order valence-corrected chi connectivity index (χ0v) is 14.1. The van der Waals surface area contributed by atoms with E-state index in [-0.39, 0.29) is 6.04 Å². The van der Waals surface area contributed by atoms with Gasteiger partial charge in [-0.1, -0.05) is 30.3 Å². The van der Waals surface area contributed by atoms with Crippen molar-refractivity contribution in [2.75, 3.05) is 13.1 Å². The van der Waals surface area contributed by atoms with Crippen LogP contribution in [0.2, 0.25) is 0 Å². The molecule has 1 heterocycles. The highest BCUT2D eigenvalue weighted by Crippen LogP contribution is 2.14. The van der Waals surface area contributed by atoms with Crippen LogP contribution in [0.3, 0.4) is 0 Å². The molecule has 4 heteroatoms.